The van der Waals surface area contributed by atoms with E-state index in [9.17, 15) is 5.26 Å². The van der Waals surface area contributed by atoms with E-state index < -0.39 is 6.04 Å². The van der Waals surface area contributed by atoms with Gasteiger partial charge in [0.25, 0.3) is 0 Å². The van der Waals surface area contributed by atoms with Crippen molar-refractivity contribution in [3.63, 3.8) is 0 Å². The highest BCUT2D eigenvalue weighted by atomic mass is 14.9. The van der Waals surface area contributed by atoms with Crippen molar-refractivity contribution in [2.24, 2.45) is 0 Å². The number of benzene rings is 2. The van der Waals surface area contributed by atoms with Crippen molar-refractivity contribution in [1.82, 2.24) is 0 Å². The highest BCUT2D eigenvalue weighted by Gasteiger charge is 2.14. The molecule has 0 aromatic heterocycles. The van der Waals surface area contributed by atoms with Crippen LogP contribution in [-0.4, -0.2) is 0 Å². The Kier molecular flexibility index (Phi) is 3.81. The van der Waals surface area contributed by atoms with Crippen molar-refractivity contribution in [2.75, 3.05) is 5.32 Å². The maximum absolute atomic E-state index is 9.31. The van der Waals surface area contributed by atoms with E-state index in [-0.39, 0.29) is 0 Å². The Hall–Kier alpha value is -2.78. The van der Waals surface area contributed by atoms with Gasteiger partial charge in [-0.15, -0.1) is 0 Å². The molecule has 0 bridgehead atoms. The predicted octanol–water partition coefficient (Wildman–Crippen LogP) is 3.54. The first-order valence-corrected chi connectivity index (χ1v) is 5.96. The standard InChI is InChI=1S/C16H13N3/c1-12-5-4-7-14(9-12)19-16(11-18)15-8-3-2-6-13(15)10-17/h2-9,16,19H,1H3. The SMILES string of the molecule is Cc1cccc(NC(C#N)c2ccccc2C#N)c1. The first-order valence-electron chi connectivity index (χ1n) is 5.96. The minimum absolute atomic E-state index is 0.522. The largest absolute Gasteiger partial charge is 0.366 e. The Labute approximate surface area is 112 Å². The first kappa shape index (κ1) is 12.7. The average molecular weight is 247 g/mol. The highest BCUT2D eigenvalue weighted by molar-refractivity contribution is 5.52. The second kappa shape index (κ2) is 5.71. The molecule has 2 aromatic rings. The summed E-state index contributed by atoms with van der Waals surface area (Å²) in [7, 11) is 0. The minimum atomic E-state index is -0.530. The van der Waals surface area contributed by atoms with Crippen LogP contribution in [0.4, 0.5) is 5.69 Å². The van der Waals surface area contributed by atoms with Crippen molar-refractivity contribution < 1.29 is 0 Å². The third-order valence-electron chi connectivity index (χ3n) is 2.85. The minimum Gasteiger partial charge on any atom is -0.366 e. The number of nitriles is 2. The van der Waals surface area contributed by atoms with Gasteiger partial charge in [0.15, 0.2) is 0 Å². The zero-order valence-electron chi connectivity index (χ0n) is 10.6. The number of hydrogen-bond acceptors (Lipinski definition) is 3. The molecule has 3 heteroatoms. The van der Waals surface area contributed by atoms with Crippen LogP contribution in [0.2, 0.25) is 0 Å². The number of aryl methyl sites for hydroxylation is 1. The molecule has 19 heavy (non-hydrogen) atoms. The lowest BCUT2D eigenvalue weighted by Crippen LogP contribution is -2.10. The van der Waals surface area contributed by atoms with Crippen LogP contribution in [0.1, 0.15) is 22.7 Å². The molecule has 1 unspecified atom stereocenters. The molecular formula is C16H13N3. The molecule has 0 saturated carbocycles. The summed E-state index contributed by atoms with van der Waals surface area (Å²) >= 11 is 0. The lowest BCUT2D eigenvalue weighted by Gasteiger charge is -2.14. The van der Waals surface area contributed by atoms with Crippen LogP contribution < -0.4 is 5.32 Å². The van der Waals surface area contributed by atoms with E-state index in [4.69, 9.17) is 5.26 Å². The first-order chi connectivity index (χ1) is 9.24. The van der Waals surface area contributed by atoms with Gasteiger partial charge in [-0.1, -0.05) is 30.3 Å². The summed E-state index contributed by atoms with van der Waals surface area (Å²) in [5, 5.41) is 21.5. The highest BCUT2D eigenvalue weighted by Crippen LogP contribution is 2.22. The van der Waals surface area contributed by atoms with Crippen molar-refractivity contribution >= 4 is 5.69 Å². The van der Waals surface area contributed by atoms with Gasteiger partial charge in [0.1, 0.15) is 6.04 Å². The number of rotatable bonds is 3. The number of nitrogens with zero attached hydrogens (tertiary/aromatic N) is 2. The van der Waals surface area contributed by atoms with E-state index in [0.29, 0.717) is 11.1 Å². The van der Waals surface area contributed by atoms with Crippen LogP contribution in [0.5, 0.6) is 0 Å². The van der Waals surface area contributed by atoms with Gasteiger partial charge in [-0.2, -0.15) is 10.5 Å². The van der Waals surface area contributed by atoms with E-state index in [1.807, 2.05) is 37.3 Å². The van der Waals surface area contributed by atoms with Gasteiger partial charge in [0.2, 0.25) is 0 Å². The molecule has 92 valence electrons. The molecule has 0 fully saturated rings. The molecule has 0 aliphatic carbocycles. The van der Waals surface area contributed by atoms with Crippen LogP contribution in [0.25, 0.3) is 0 Å². The maximum atomic E-state index is 9.31. The quantitative estimate of drug-likeness (QED) is 0.902. The van der Waals surface area contributed by atoms with Gasteiger partial charge in [-0.3, -0.25) is 0 Å². The molecule has 0 amide bonds. The van der Waals surface area contributed by atoms with Crippen molar-refractivity contribution in [1.29, 1.82) is 10.5 Å². The third kappa shape index (κ3) is 2.91. The summed E-state index contributed by atoms with van der Waals surface area (Å²) in [4.78, 5) is 0. The Balaban J connectivity index is 2.32. The smallest absolute Gasteiger partial charge is 0.141 e. The second-order valence-corrected chi connectivity index (χ2v) is 4.27. The summed E-state index contributed by atoms with van der Waals surface area (Å²) in [6.07, 6.45) is 0. The Morgan fingerprint density at radius 2 is 1.84 bits per heavy atom. The zero-order valence-corrected chi connectivity index (χ0v) is 10.6. The number of nitrogens with one attached hydrogen (secondary N) is 1. The number of hydrogen-bond donors (Lipinski definition) is 1. The number of anilines is 1. The van der Waals surface area contributed by atoms with Gasteiger partial charge in [-0.25, -0.2) is 0 Å². The summed E-state index contributed by atoms with van der Waals surface area (Å²) in [6, 6.07) is 18.7. The molecule has 0 heterocycles. The average Bonchev–Trinajstić information content (AvgIpc) is 2.45. The van der Waals surface area contributed by atoms with Crippen molar-refractivity contribution in [3.05, 3.63) is 65.2 Å². The van der Waals surface area contributed by atoms with Crippen molar-refractivity contribution in [2.45, 2.75) is 13.0 Å². The van der Waals surface area contributed by atoms with Crippen LogP contribution in [0.3, 0.4) is 0 Å². The fourth-order valence-corrected chi connectivity index (χ4v) is 1.93. The normalized spacial score (nSPS) is 11.1. The summed E-state index contributed by atoms with van der Waals surface area (Å²) < 4.78 is 0. The van der Waals surface area contributed by atoms with Crippen LogP contribution in [0.15, 0.2) is 48.5 Å². The summed E-state index contributed by atoms with van der Waals surface area (Å²) in [5.41, 5.74) is 3.22. The van der Waals surface area contributed by atoms with Crippen LogP contribution in [-0.2, 0) is 0 Å². The van der Waals surface area contributed by atoms with E-state index in [1.54, 1.807) is 18.2 Å². The van der Waals surface area contributed by atoms with Crippen LogP contribution >= 0.6 is 0 Å². The molecule has 1 atom stereocenters. The topological polar surface area (TPSA) is 59.6 Å². The zero-order chi connectivity index (χ0) is 13.7. The molecule has 2 rings (SSSR count). The van der Waals surface area contributed by atoms with Gasteiger partial charge in [0, 0.05) is 11.3 Å². The van der Waals surface area contributed by atoms with Crippen molar-refractivity contribution in [3.8, 4) is 12.1 Å². The van der Waals surface area contributed by atoms with E-state index in [0.717, 1.165) is 11.3 Å². The third-order valence-corrected chi connectivity index (χ3v) is 2.85. The molecule has 0 aliphatic rings. The molecule has 1 N–H and O–H groups in total. The fraction of sp³-hybridized carbons (Fsp3) is 0.125. The molecule has 0 aliphatic heterocycles. The molecule has 2 aromatic carbocycles. The predicted molar refractivity (Wildman–Crippen MR) is 74.3 cm³/mol. The van der Waals surface area contributed by atoms with Gasteiger partial charge < -0.3 is 5.32 Å². The lowest BCUT2D eigenvalue weighted by molar-refractivity contribution is 0.990. The van der Waals surface area contributed by atoms with Gasteiger partial charge >= 0.3 is 0 Å². The van der Waals surface area contributed by atoms with Gasteiger partial charge in [0.05, 0.1) is 17.7 Å². The molecule has 0 saturated heterocycles. The van der Waals surface area contributed by atoms with Gasteiger partial charge in [-0.05, 0) is 30.7 Å². The molecule has 0 spiro atoms. The van der Waals surface area contributed by atoms with Crippen LogP contribution in [0, 0.1) is 29.6 Å². The maximum Gasteiger partial charge on any atom is 0.141 e. The Morgan fingerprint density at radius 1 is 1.05 bits per heavy atom. The monoisotopic (exact) mass is 247 g/mol. The van der Waals surface area contributed by atoms with E-state index in [1.165, 1.54) is 0 Å². The molecule has 3 nitrogen and oxygen atoms in total. The second-order valence-electron chi connectivity index (χ2n) is 4.27. The Morgan fingerprint density at radius 3 is 2.53 bits per heavy atom. The summed E-state index contributed by atoms with van der Waals surface area (Å²) in [6.45, 7) is 2.00. The summed E-state index contributed by atoms with van der Waals surface area (Å²) in [5.74, 6) is 0. The molecule has 0 radical (unpaired) electrons. The Bertz CT molecular complexity index is 662. The fourth-order valence-electron chi connectivity index (χ4n) is 1.93. The lowest BCUT2D eigenvalue weighted by atomic mass is 10.0. The molecular weight excluding hydrogens is 234 g/mol. The van der Waals surface area contributed by atoms with E-state index >= 15 is 0 Å². The van der Waals surface area contributed by atoms with E-state index in [2.05, 4.69) is 17.5 Å².